The van der Waals surface area contributed by atoms with E-state index < -0.39 is 0 Å². The number of carbonyl (C=O) groups excluding carboxylic acids is 1. The number of methoxy groups -OCH3 is 1. The first-order valence-corrected chi connectivity index (χ1v) is 11.7. The lowest BCUT2D eigenvalue weighted by Crippen LogP contribution is -2.91. The van der Waals surface area contributed by atoms with Gasteiger partial charge < -0.3 is 15.0 Å². The molecular formula is C22H31N4O2S+. The fraction of sp³-hybridized carbons (Fsp3) is 0.545. The zero-order chi connectivity index (χ0) is 20.2. The van der Waals surface area contributed by atoms with Crippen molar-refractivity contribution in [2.24, 2.45) is 7.05 Å². The topological polar surface area (TPSA) is 64.0 Å². The van der Waals surface area contributed by atoms with E-state index in [0.717, 1.165) is 62.6 Å². The minimum absolute atomic E-state index is 0.122. The van der Waals surface area contributed by atoms with Gasteiger partial charge in [0.2, 0.25) is 0 Å². The van der Waals surface area contributed by atoms with Crippen LogP contribution in [0.5, 0.6) is 5.75 Å². The Kier molecular flexibility index (Phi) is 6.45. The van der Waals surface area contributed by atoms with Gasteiger partial charge in [-0.15, -0.1) is 0 Å². The molecule has 1 saturated heterocycles. The van der Waals surface area contributed by atoms with E-state index in [1.807, 2.05) is 40.5 Å². The number of fused-ring (bicyclic) bond motifs is 1. The number of thioether (sulfide) groups is 1. The maximum atomic E-state index is 13.1. The van der Waals surface area contributed by atoms with E-state index in [-0.39, 0.29) is 5.91 Å². The van der Waals surface area contributed by atoms with Crippen molar-refractivity contribution in [1.82, 2.24) is 14.7 Å². The van der Waals surface area contributed by atoms with Crippen LogP contribution in [0, 0.1) is 0 Å². The number of ether oxygens (including phenoxy) is 1. The van der Waals surface area contributed by atoms with Crippen LogP contribution in [0.15, 0.2) is 24.3 Å². The average molecular weight is 416 g/mol. The van der Waals surface area contributed by atoms with Crippen LogP contribution in [0.3, 0.4) is 0 Å². The van der Waals surface area contributed by atoms with Crippen LogP contribution < -0.4 is 10.1 Å². The molecule has 2 heterocycles. The molecule has 0 radical (unpaired) electrons. The van der Waals surface area contributed by atoms with Gasteiger partial charge in [-0.25, -0.2) is 0 Å². The number of amides is 1. The highest BCUT2D eigenvalue weighted by atomic mass is 32.2. The normalized spacial score (nSPS) is 19.1. The number of hydrogen-bond donors (Lipinski definition) is 1. The van der Waals surface area contributed by atoms with Crippen molar-refractivity contribution in [1.29, 1.82) is 0 Å². The molecular weight excluding hydrogens is 384 g/mol. The van der Waals surface area contributed by atoms with Gasteiger partial charge in [-0.2, -0.15) is 16.9 Å². The van der Waals surface area contributed by atoms with Crippen molar-refractivity contribution >= 4 is 17.7 Å². The Morgan fingerprint density at radius 2 is 2.10 bits per heavy atom. The molecule has 0 spiro atoms. The fourth-order valence-electron chi connectivity index (χ4n) is 4.49. The maximum Gasteiger partial charge on any atom is 0.274 e. The number of benzene rings is 1. The number of rotatable bonds is 6. The zero-order valence-corrected chi connectivity index (χ0v) is 18.2. The van der Waals surface area contributed by atoms with Crippen molar-refractivity contribution in [2.75, 3.05) is 38.2 Å². The van der Waals surface area contributed by atoms with E-state index in [0.29, 0.717) is 11.7 Å². The van der Waals surface area contributed by atoms with Gasteiger partial charge in [0.25, 0.3) is 5.91 Å². The summed E-state index contributed by atoms with van der Waals surface area (Å²) in [6, 6.07) is 8.74. The van der Waals surface area contributed by atoms with E-state index in [1.165, 1.54) is 16.8 Å². The van der Waals surface area contributed by atoms with Crippen LogP contribution in [0.4, 0.5) is 0 Å². The van der Waals surface area contributed by atoms with E-state index in [9.17, 15) is 4.79 Å². The number of carbonyl (C=O) groups is 1. The molecule has 2 aliphatic rings. The molecule has 29 heavy (non-hydrogen) atoms. The third-order valence-electron chi connectivity index (χ3n) is 6.10. The van der Waals surface area contributed by atoms with Crippen LogP contribution in [0.1, 0.15) is 33.7 Å². The first-order valence-electron chi connectivity index (χ1n) is 10.5. The molecule has 4 rings (SSSR count). The summed E-state index contributed by atoms with van der Waals surface area (Å²) in [6.45, 7) is 2.69. The summed E-state index contributed by atoms with van der Waals surface area (Å²) in [5.41, 5.74) is 4.37. The first kappa shape index (κ1) is 20.3. The van der Waals surface area contributed by atoms with Gasteiger partial charge in [-0.3, -0.25) is 9.48 Å². The molecule has 1 atom stereocenters. The summed E-state index contributed by atoms with van der Waals surface area (Å²) >= 11 is 1.92. The van der Waals surface area contributed by atoms with Crippen molar-refractivity contribution in [3.8, 4) is 5.75 Å². The number of nitrogens with zero attached hydrogens (tertiary/aromatic N) is 3. The summed E-state index contributed by atoms with van der Waals surface area (Å²) < 4.78 is 7.41. The predicted molar refractivity (Wildman–Crippen MR) is 116 cm³/mol. The first-order chi connectivity index (χ1) is 14.2. The number of hydrogen-bond acceptors (Lipinski definition) is 4. The highest BCUT2D eigenvalue weighted by Gasteiger charge is 2.32. The number of para-hydroxylation sites is 1. The lowest BCUT2D eigenvalue weighted by molar-refractivity contribution is -0.689. The van der Waals surface area contributed by atoms with Gasteiger partial charge in [-0.1, -0.05) is 18.2 Å². The standard InChI is InChI=1S/C22H30N4O2S/c1-25-19-8-7-17(23-10-9-16-5-3-4-6-20(16)28-2)15-18(19)21(24-25)22(27)26-11-13-29-14-12-26/h3-6,17,23H,7-15H2,1-2H3/p+1. The maximum absolute atomic E-state index is 13.1. The largest absolute Gasteiger partial charge is 0.496 e. The second-order valence-corrected chi connectivity index (χ2v) is 9.12. The van der Waals surface area contributed by atoms with Gasteiger partial charge in [0, 0.05) is 62.2 Å². The summed E-state index contributed by atoms with van der Waals surface area (Å²) in [5.74, 6) is 3.14. The van der Waals surface area contributed by atoms with Crippen molar-refractivity contribution in [3.05, 3.63) is 46.8 Å². The predicted octanol–water partition coefficient (Wildman–Crippen LogP) is 1.28. The van der Waals surface area contributed by atoms with E-state index in [4.69, 9.17) is 4.74 Å². The van der Waals surface area contributed by atoms with Crippen molar-refractivity contribution in [2.45, 2.75) is 31.7 Å². The zero-order valence-electron chi connectivity index (χ0n) is 17.4. The minimum atomic E-state index is 0.122. The summed E-state index contributed by atoms with van der Waals surface area (Å²) in [7, 11) is 3.71. The molecule has 1 aliphatic heterocycles. The van der Waals surface area contributed by atoms with Gasteiger partial charge in [0.1, 0.15) is 5.75 Å². The van der Waals surface area contributed by atoms with Crippen LogP contribution in [0.2, 0.25) is 0 Å². The Labute approximate surface area is 177 Å². The van der Waals surface area contributed by atoms with Gasteiger partial charge in [0.15, 0.2) is 5.69 Å². The Hall–Kier alpha value is -1.99. The van der Waals surface area contributed by atoms with E-state index in [2.05, 4.69) is 22.5 Å². The van der Waals surface area contributed by atoms with Crippen LogP contribution >= 0.6 is 11.8 Å². The van der Waals surface area contributed by atoms with Crippen LogP contribution in [-0.2, 0) is 26.3 Å². The summed E-state index contributed by atoms with van der Waals surface area (Å²) in [4.78, 5) is 15.1. The molecule has 1 unspecified atom stereocenters. The minimum Gasteiger partial charge on any atom is -0.496 e. The molecule has 1 amide bonds. The van der Waals surface area contributed by atoms with Gasteiger partial charge in [-0.05, 0) is 18.1 Å². The quantitative estimate of drug-likeness (QED) is 0.772. The van der Waals surface area contributed by atoms with Gasteiger partial charge in [0.05, 0.1) is 19.7 Å². The van der Waals surface area contributed by atoms with Crippen LogP contribution in [0.25, 0.3) is 0 Å². The van der Waals surface area contributed by atoms with Gasteiger partial charge >= 0.3 is 0 Å². The molecule has 1 aliphatic carbocycles. The van der Waals surface area contributed by atoms with E-state index >= 15 is 0 Å². The van der Waals surface area contributed by atoms with Crippen LogP contribution in [-0.4, -0.2) is 64.9 Å². The molecule has 2 aromatic rings. The monoisotopic (exact) mass is 415 g/mol. The summed E-state index contributed by atoms with van der Waals surface area (Å²) in [6.07, 6.45) is 4.04. The Morgan fingerprint density at radius 1 is 1.31 bits per heavy atom. The summed E-state index contributed by atoms with van der Waals surface area (Å²) in [5, 5.41) is 7.08. The molecule has 0 saturated carbocycles. The number of quaternary nitrogens is 1. The molecule has 1 aromatic heterocycles. The molecule has 1 fully saturated rings. The fourth-order valence-corrected chi connectivity index (χ4v) is 5.39. The molecule has 6 nitrogen and oxygen atoms in total. The number of nitrogens with two attached hydrogens (primary N) is 1. The van der Waals surface area contributed by atoms with E-state index in [1.54, 1.807) is 7.11 Å². The number of aromatic nitrogens is 2. The highest BCUT2D eigenvalue weighted by molar-refractivity contribution is 7.99. The van der Waals surface area contributed by atoms with Crippen molar-refractivity contribution < 1.29 is 14.8 Å². The molecule has 0 bridgehead atoms. The Bertz CT molecular complexity index is 860. The average Bonchev–Trinajstić information content (AvgIpc) is 3.10. The molecule has 7 heteroatoms. The SMILES string of the molecule is COc1ccccc1CC[NH2+]C1CCc2c(c(C(=O)N3CCSCC3)nn2C)C1. The second kappa shape index (κ2) is 9.22. The molecule has 1 aromatic carbocycles. The lowest BCUT2D eigenvalue weighted by atomic mass is 9.91. The third-order valence-corrected chi connectivity index (χ3v) is 7.04. The Balaban J connectivity index is 1.40. The third kappa shape index (κ3) is 4.46. The smallest absolute Gasteiger partial charge is 0.274 e. The van der Waals surface area contributed by atoms with Crippen molar-refractivity contribution in [3.63, 3.8) is 0 Å². The Morgan fingerprint density at radius 3 is 2.90 bits per heavy atom. The lowest BCUT2D eigenvalue weighted by Gasteiger charge is -2.27. The second-order valence-electron chi connectivity index (χ2n) is 7.89. The molecule has 156 valence electrons. The highest BCUT2D eigenvalue weighted by Crippen LogP contribution is 2.25. The molecule has 2 N–H and O–H groups in total. The number of aryl methyl sites for hydroxylation is 1.